The molecule has 0 fully saturated rings. The fraction of sp³-hybridized carbons (Fsp3) is 0.385. The molecule has 0 saturated heterocycles. The summed E-state index contributed by atoms with van der Waals surface area (Å²) < 4.78 is 4.84. The Morgan fingerprint density at radius 1 is 1.40 bits per heavy atom. The van der Waals surface area contributed by atoms with Crippen LogP contribution in [0.2, 0.25) is 5.02 Å². The van der Waals surface area contributed by atoms with Crippen molar-refractivity contribution in [3.63, 3.8) is 0 Å². The molecule has 0 bridgehead atoms. The molecule has 0 spiro atoms. The summed E-state index contributed by atoms with van der Waals surface area (Å²) >= 11 is 6.03. The highest BCUT2D eigenvalue weighted by Crippen LogP contribution is 2.21. The van der Waals surface area contributed by atoms with E-state index in [1.807, 2.05) is 0 Å². The number of carbonyl (C=O) groups excluding carboxylic acids is 2. The van der Waals surface area contributed by atoms with Crippen LogP contribution in [0.15, 0.2) is 18.2 Å². The number of benzene rings is 1. The lowest BCUT2D eigenvalue weighted by atomic mass is 10.2. The summed E-state index contributed by atoms with van der Waals surface area (Å²) in [6.07, 6.45) is 0.233. The molecule has 6 nitrogen and oxygen atoms in total. The van der Waals surface area contributed by atoms with Crippen LogP contribution in [-0.2, 0) is 9.53 Å². The first-order valence-corrected chi connectivity index (χ1v) is 6.53. The van der Waals surface area contributed by atoms with Crippen molar-refractivity contribution >= 4 is 29.1 Å². The molecule has 4 N–H and O–H groups in total. The van der Waals surface area contributed by atoms with Crippen LogP contribution in [0.3, 0.4) is 0 Å². The van der Waals surface area contributed by atoms with Gasteiger partial charge in [0, 0.05) is 32.3 Å². The third kappa shape index (κ3) is 5.16. The van der Waals surface area contributed by atoms with E-state index in [1.54, 1.807) is 19.2 Å². The Morgan fingerprint density at radius 2 is 2.15 bits per heavy atom. The third-order valence-corrected chi connectivity index (χ3v) is 2.77. The number of nitrogens with two attached hydrogens (primary N) is 1. The van der Waals surface area contributed by atoms with Gasteiger partial charge in [-0.2, -0.15) is 0 Å². The zero-order chi connectivity index (χ0) is 15.0. The monoisotopic (exact) mass is 299 g/mol. The topological polar surface area (TPSA) is 93.5 Å². The molecule has 1 aromatic carbocycles. The Kier molecular flexibility index (Phi) is 7.00. The van der Waals surface area contributed by atoms with Gasteiger partial charge in [0.2, 0.25) is 5.91 Å². The second kappa shape index (κ2) is 8.52. The van der Waals surface area contributed by atoms with Crippen LogP contribution in [-0.4, -0.2) is 38.6 Å². The minimum absolute atomic E-state index is 0.194. The van der Waals surface area contributed by atoms with Gasteiger partial charge in [-0.25, -0.2) is 0 Å². The molecule has 2 amide bonds. The number of amides is 2. The molecule has 0 unspecified atom stereocenters. The van der Waals surface area contributed by atoms with E-state index < -0.39 is 0 Å². The molecule has 1 aromatic rings. The Hall–Kier alpha value is -1.63. The molecule has 0 radical (unpaired) electrons. The van der Waals surface area contributed by atoms with Gasteiger partial charge >= 0.3 is 0 Å². The van der Waals surface area contributed by atoms with E-state index in [9.17, 15) is 9.59 Å². The van der Waals surface area contributed by atoms with E-state index >= 15 is 0 Å². The number of ether oxygens (including phenoxy) is 1. The van der Waals surface area contributed by atoms with E-state index in [-0.39, 0.29) is 29.8 Å². The SMILES string of the molecule is COCCNC(=O)c1ccc(NC(=O)CCN)cc1Cl. The van der Waals surface area contributed by atoms with Crippen molar-refractivity contribution in [2.75, 3.05) is 32.1 Å². The van der Waals surface area contributed by atoms with Crippen LogP contribution in [0.5, 0.6) is 0 Å². The fourth-order valence-corrected chi connectivity index (χ4v) is 1.76. The number of rotatable bonds is 7. The zero-order valence-corrected chi connectivity index (χ0v) is 12.0. The summed E-state index contributed by atoms with van der Waals surface area (Å²) in [5.41, 5.74) is 6.16. The maximum atomic E-state index is 11.8. The molecule has 0 saturated carbocycles. The third-order valence-electron chi connectivity index (χ3n) is 2.46. The van der Waals surface area contributed by atoms with Crippen molar-refractivity contribution in [1.29, 1.82) is 0 Å². The highest BCUT2D eigenvalue weighted by molar-refractivity contribution is 6.34. The molecule has 0 aliphatic carbocycles. The Bertz CT molecular complexity index is 480. The van der Waals surface area contributed by atoms with Gasteiger partial charge in [0.25, 0.3) is 5.91 Å². The van der Waals surface area contributed by atoms with Gasteiger partial charge in [0.1, 0.15) is 0 Å². The van der Waals surface area contributed by atoms with E-state index in [2.05, 4.69) is 10.6 Å². The molecule has 1 rings (SSSR count). The maximum Gasteiger partial charge on any atom is 0.252 e. The number of methoxy groups -OCH3 is 1. The smallest absolute Gasteiger partial charge is 0.252 e. The van der Waals surface area contributed by atoms with Crippen molar-refractivity contribution < 1.29 is 14.3 Å². The fourth-order valence-electron chi connectivity index (χ4n) is 1.49. The molecule has 7 heteroatoms. The van der Waals surface area contributed by atoms with Crippen molar-refractivity contribution in [2.24, 2.45) is 5.73 Å². The van der Waals surface area contributed by atoms with Gasteiger partial charge in [-0.1, -0.05) is 11.6 Å². The molecule has 0 atom stereocenters. The van der Waals surface area contributed by atoms with Crippen molar-refractivity contribution in [1.82, 2.24) is 5.32 Å². The predicted molar refractivity (Wildman–Crippen MR) is 78.0 cm³/mol. The normalized spacial score (nSPS) is 10.2. The number of hydrogen-bond donors (Lipinski definition) is 3. The van der Waals surface area contributed by atoms with Crippen LogP contribution in [0, 0.1) is 0 Å². The van der Waals surface area contributed by atoms with Gasteiger partial charge in [-0.05, 0) is 18.2 Å². The second-order valence-electron chi connectivity index (χ2n) is 4.03. The van der Waals surface area contributed by atoms with E-state index in [0.29, 0.717) is 24.4 Å². The lowest BCUT2D eigenvalue weighted by Crippen LogP contribution is -2.27. The summed E-state index contributed by atoms with van der Waals surface area (Å²) in [6, 6.07) is 4.70. The first-order chi connectivity index (χ1) is 9.58. The van der Waals surface area contributed by atoms with Gasteiger partial charge in [0.05, 0.1) is 17.2 Å². The van der Waals surface area contributed by atoms with Crippen molar-refractivity contribution in [3.05, 3.63) is 28.8 Å². The van der Waals surface area contributed by atoms with Crippen LogP contribution in [0.4, 0.5) is 5.69 Å². The van der Waals surface area contributed by atoms with E-state index in [1.165, 1.54) is 6.07 Å². The summed E-state index contributed by atoms with van der Waals surface area (Å²) in [4.78, 5) is 23.2. The van der Waals surface area contributed by atoms with Gasteiger partial charge in [0.15, 0.2) is 0 Å². The quantitative estimate of drug-likeness (QED) is 0.655. The average Bonchev–Trinajstić information content (AvgIpc) is 2.39. The van der Waals surface area contributed by atoms with Crippen molar-refractivity contribution in [3.8, 4) is 0 Å². The summed E-state index contributed by atoms with van der Waals surface area (Å²) in [5.74, 6) is -0.479. The molecule has 0 aromatic heterocycles. The lowest BCUT2D eigenvalue weighted by molar-refractivity contribution is -0.116. The molecule has 20 heavy (non-hydrogen) atoms. The largest absolute Gasteiger partial charge is 0.383 e. The molecule has 0 aliphatic heterocycles. The Labute approximate surface area is 122 Å². The van der Waals surface area contributed by atoms with Crippen molar-refractivity contribution in [2.45, 2.75) is 6.42 Å². The second-order valence-corrected chi connectivity index (χ2v) is 4.44. The van der Waals surface area contributed by atoms with Gasteiger partial charge < -0.3 is 21.1 Å². The lowest BCUT2D eigenvalue weighted by Gasteiger charge is -2.09. The Morgan fingerprint density at radius 3 is 2.75 bits per heavy atom. The van der Waals surface area contributed by atoms with E-state index in [0.717, 1.165) is 0 Å². The molecule has 0 aliphatic rings. The first-order valence-electron chi connectivity index (χ1n) is 6.15. The average molecular weight is 300 g/mol. The van der Waals surface area contributed by atoms with Crippen LogP contribution in [0.1, 0.15) is 16.8 Å². The van der Waals surface area contributed by atoms with Crippen LogP contribution >= 0.6 is 11.6 Å². The molecular formula is C13H18ClN3O3. The van der Waals surface area contributed by atoms with Crippen LogP contribution < -0.4 is 16.4 Å². The molecule has 0 heterocycles. The summed E-state index contributed by atoms with van der Waals surface area (Å²) in [5, 5.41) is 5.58. The molecule has 110 valence electrons. The highest BCUT2D eigenvalue weighted by Gasteiger charge is 2.11. The highest BCUT2D eigenvalue weighted by atomic mass is 35.5. The number of carbonyl (C=O) groups is 2. The number of hydrogen-bond acceptors (Lipinski definition) is 4. The van der Waals surface area contributed by atoms with Crippen LogP contribution in [0.25, 0.3) is 0 Å². The number of nitrogens with one attached hydrogen (secondary N) is 2. The number of anilines is 1. The maximum absolute atomic E-state index is 11.8. The molecular weight excluding hydrogens is 282 g/mol. The summed E-state index contributed by atoms with van der Waals surface area (Å²) in [7, 11) is 1.55. The van der Waals surface area contributed by atoms with Gasteiger partial charge in [-0.3, -0.25) is 9.59 Å². The Balaban J connectivity index is 2.67. The zero-order valence-electron chi connectivity index (χ0n) is 11.2. The van der Waals surface area contributed by atoms with Gasteiger partial charge in [-0.15, -0.1) is 0 Å². The summed E-state index contributed by atoms with van der Waals surface area (Å²) in [6.45, 7) is 1.11. The standard InChI is InChI=1S/C13H18ClN3O3/c1-20-7-6-16-13(19)10-3-2-9(8-11(10)14)17-12(18)4-5-15/h2-3,8H,4-7,15H2,1H3,(H,16,19)(H,17,18). The van der Waals surface area contributed by atoms with E-state index in [4.69, 9.17) is 22.1 Å². The first kappa shape index (κ1) is 16.4. The number of halogens is 1. The predicted octanol–water partition coefficient (Wildman–Crippen LogP) is 1.00. The minimum atomic E-state index is -0.285. The minimum Gasteiger partial charge on any atom is -0.383 e.